The van der Waals surface area contributed by atoms with Crippen LogP contribution in [0, 0.1) is 0 Å². The van der Waals surface area contributed by atoms with Gasteiger partial charge in [0.2, 0.25) is 5.91 Å². The zero-order valence-electron chi connectivity index (χ0n) is 11.3. The third-order valence-corrected chi connectivity index (χ3v) is 3.18. The predicted molar refractivity (Wildman–Crippen MR) is 71.0 cm³/mol. The van der Waals surface area contributed by atoms with Gasteiger partial charge in [0.1, 0.15) is 11.5 Å². The lowest BCUT2D eigenvalue weighted by Gasteiger charge is -2.26. The Balaban J connectivity index is 2.02. The smallest absolute Gasteiger partial charge is 0.230 e. The number of benzene rings is 1. The molecule has 1 aromatic rings. The average molecular weight is 279 g/mol. The molecule has 6 heteroatoms. The number of carbonyl (C=O) groups is 2. The maximum absolute atomic E-state index is 12.0. The van der Waals surface area contributed by atoms with Crippen LogP contribution in [0.25, 0.3) is 0 Å². The number of ether oxygens (including phenoxy) is 2. The molecular formula is C14H17NO5. The van der Waals surface area contributed by atoms with Crippen LogP contribution < -0.4 is 4.74 Å². The topological polar surface area (TPSA) is 76.1 Å². The van der Waals surface area contributed by atoms with E-state index in [2.05, 4.69) is 0 Å². The highest BCUT2D eigenvalue weighted by Crippen LogP contribution is 2.24. The molecule has 2 rings (SSSR count). The molecule has 0 aliphatic carbocycles. The summed E-state index contributed by atoms with van der Waals surface area (Å²) in [4.78, 5) is 25.6. The van der Waals surface area contributed by atoms with Crippen molar-refractivity contribution < 1.29 is 24.2 Å². The van der Waals surface area contributed by atoms with Crippen molar-refractivity contribution in [3.8, 4) is 11.5 Å². The molecule has 1 amide bonds. The number of hydrogen-bond acceptors (Lipinski definition) is 5. The van der Waals surface area contributed by atoms with Crippen LogP contribution in [0.4, 0.5) is 0 Å². The standard InChI is InChI=1S/C14H17NO5/c1-19-10-2-3-11(12(16)8-10)13(17)9-14(18)15-4-6-20-7-5-15/h2-3,8,16H,4-7,9H2,1H3. The number of amides is 1. The van der Waals surface area contributed by atoms with Crippen molar-refractivity contribution in [2.75, 3.05) is 33.4 Å². The Labute approximate surface area is 116 Å². The summed E-state index contributed by atoms with van der Waals surface area (Å²) in [6, 6.07) is 4.39. The number of nitrogens with zero attached hydrogens (tertiary/aromatic N) is 1. The molecule has 20 heavy (non-hydrogen) atoms. The zero-order chi connectivity index (χ0) is 14.5. The van der Waals surface area contributed by atoms with Crippen molar-refractivity contribution in [1.29, 1.82) is 0 Å². The van der Waals surface area contributed by atoms with Crippen molar-refractivity contribution >= 4 is 11.7 Å². The van der Waals surface area contributed by atoms with E-state index in [1.54, 1.807) is 11.0 Å². The molecule has 0 radical (unpaired) electrons. The summed E-state index contributed by atoms with van der Waals surface area (Å²) in [5, 5.41) is 9.77. The van der Waals surface area contributed by atoms with E-state index in [1.165, 1.54) is 19.2 Å². The van der Waals surface area contributed by atoms with Crippen molar-refractivity contribution in [2.24, 2.45) is 0 Å². The number of phenols is 1. The Bertz CT molecular complexity index is 508. The van der Waals surface area contributed by atoms with E-state index in [0.717, 1.165) is 0 Å². The Morgan fingerprint density at radius 2 is 2.05 bits per heavy atom. The predicted octanol–water partition coefficient (Wildman–Crippen LogP) is 0.832. The van der Waals surface area contributed by atoms with Gasteiger partial charge in [-0.25, -0.2) is 0 Å². The van der Waals surface area contributed by atoms with Gasteiger partial charge in [0, 0.05) is 19.2 Å². The molecule has 0 spiro atoms. The summed E-state index contributed by atoms with van der Waals surface area (Å²) in [6.45, 7) is 1.99. The Morgan fingerprint density at radius 1 is 1.35 bits per heavy atom. The Hall–Kier alpha value is -2.08. The summed E-state index contributed by atoms with van der Waals surface area (Å²) in [5.41, 5.74) is 0.132. The number of methoxy groups -OCH3 is 1. The normalized spacial score (nSPS) is 14.9. The summed E-state index contributed by atoms with van der Waals surface area (Å²) in [5.74, 6) is -0.363. The van der Waals surface area contributed by atoms with Crippen LogP contribution in [0.15, 0.2) is 18.2 Å². The van der Waals surface area contributed by atoms with Crippen molar-refractivity contribution in [2.45, 2.75) is 6.42 Å². The van der Waals surface area contributed by atoms with Crippen molar-refractivity contribution in [1.82, 2.24) is 4.90 Å². The van der Waals surface area contributed by atoms with Gasteiger partial charge in [-0.1, -0.05) is 0 Å². The van der Waals surface area contributed by atoms with Gasteiger partial charge >= 0.3 is 0 Å². The quantitative estimate of drug-likeness (QED) is 0.652. The molecule has 108 valence electrons. The number of Topliss-reactive ketones (excluding diaryl/α,β-unsaturated/α-hetero) is 1. The van der Waals surface area contributed by atoms with Crippen molar-refractivity contribution in [3.63, 3.8) is 0 Å². The summed E-state index contributed by atoms with van der Waals surface area (Å²) < 4.78 is 10.1. The van der Waals surface area contributed by atoms with Gasteiger partial charge in [0.25, 0.3) is 0 Å². The highest BCUT2D eigenvalue weighted by Gasteiger charge is 2.21. The largest absolute Gasteiger partial charge is 0.507 e. The first kappa shape index (κ1) is 14.3. The minimum atomic E-state index is -0.401. The lowest BCUT2D eigenvalue weighted by Crippen LogP contribution is -2.41. The van der Waals surface area contributed by atoms with Crippen LogP contribution in [0.5, 0.6) is 11.5 Å². The second kappa shape index (κ2) is 6.38. The van der Waals surface area contributed by atoms with Crippen LogP contribution in [0.3, 0.4) is 0 Å². The average Bonchev–Trinajstić information content (AvgIpc) is 2.47. The van der Waals surface area contributed by atoms with Gasteiger partial charge in [-0.3, -0.25) is 9.59 Å². The molecule has 1 N–H and O–H groups in total. The highest BCUT2D eigenvalue weighted by atomic mass is 16.5. The van der Waals surface area contributed by atoms with Crippen LogP contribution in [-0.4, -0.2) is 55.1 Å². The van der Waals surface area contributed by atoms with Gasteiger partial charge in [-0.15, -0.1) is 0 Å². The molecule has 1 aliphatic heterocycles. The van der Waals surface area contributed by atoms with E-state index >= 15 is 0 Å². The van der Waals surface area contributed by atoms with Crippen LogP contribution in [0.2, 0.25) is 0 Å². The van der Waals surface area contributed by atoms with E-state index in [1.807, 2.05) is 0 Å². The molecule has 0 atom stereocenters. The maximum Gasteiger partial charge on any atom is 0.230 e. The first-order valence-corrected chi connectivity index (χ1v) is 6.37. The van der Waals surface area contributed by atoms with Crippen LogP contribution >= 0.6 is 0 Å². The molecule has 1 aromatic carbocycles. The SMILES string of the molecule is COc1ccc(C(=O)CC(=O)N2CCOCC2)c(O)c1. The molecule has 1 aliphatic rings. The third-order valence-electron chi connectivity index (χ3n) is 3.18. The number of hydrogen-bond donors (Lipinski definition) is 1. The summed E-state index contributed by atoms with van der Waals surface area (Å²) in [7, 11) is 1.47. The molecule has 6 nitrogen and oxygen atoms in total. The van der Waals surface area contributed by atoms with Gasteiger partial charge < -0.3 is 19.5 Å². The fourth-order valence-corrected chi connectivity index (χ4v) is 2.03. The molecule has 1 fully saturated rings. The van der Waals surface area contributed by atoms with Gasteiger partial charge in [0.05, 0.1) is 32.3 Å². The zero-order valence-corrected chi connectivity index (χ0v) is 11.3. The van der Waals surface area contributed by atoms with Gasteiger partial charge in [0.15, 0.2) is 5.78 Å². The van der Waals surface area contributed by atoms with Crippen LogP contribution in [-0.2, 0) is 9.53 Å². The van der Waals surface area contributed by atoms with Gasteiger partial charge in [-0.05, 0) is 12.1 Å². The molecule has 0 unspecified atom stereocenters. The molecule has 0 saturated carbocycles. The first-order valence-electron chi connectivity index (χ1n) is 6.37. The van der Waals surface area contributed by atoms with E-state index in [-0.39, 0.29) is 23.6 Å². The molecule has 0 aromatic heterocycles. The van der Waals surface area contributed by atoms with Crippen molar-refractivity contribution in [3.05, 3.63) is 23.8 Å². The molecule has 0 bridgehead atoms. The van der Waals surface area contributed by atoms with Crippen LogP contribution in [0.1, 0.15) is 16.8 Å². The fraction of sp³-hybridized carbons (Fsp3) is 0.429. The number of ketones is 1. The summed E-state index contributed by atoms with van der Waals surface area (Å²) >= 11 is 0. The molecule has 1 saturated heterocycles. The van der Waals surface area contributed by atoms with E-state index in [9.17, 15) is 14.7 Å². The van der Waals surface area contributed by atoms with E-state index in [4.69, 9.17) is 9.47 Å². The second-order valence-corrected chi connectivity index (χ2v) is 4.48. The number of morpholine rings is 1. The molecule has 1 heterocycles. The number of rotatable bonds is 4. The first-order chi connectivity index (χ1) is 9.61. The highest BCUT2D eigenvalue weighted by molar-refractivity contribution is 6.08. The van der Waals surface area contributed by atoms with E-state index in [0.29, 0.717) is 32.1 Å². The van der Waals surface area contributed by atoms with E-state index < -0.39 is 5.78 Å². The number of carbonyl (C=O) groups excluding carboxylic acids is 2. The van der Waals surface area contributed by atoms with Gasteiger partial charge in [-0.2, -0.15) is 0 Å². The second-order valence-electron chi connectivity index (χ2n) is 4.48. The monoisotopic (exact) mass is 279 g/mol. The Morgan fingerprint density at radius 3 is 2.65 bits per heavy atom. The summed E-state index contributed by atoms with van der Waals surface area (Å²) in [6.07, 6.45) is -0.250. The number of aromatic hydroxyl groups is 1. The third kappa shape index (κ3) is 3.27. The molecular weight excluding hydrogens is 262 g/mol. The minimum Gasteiger partial charge on any atom is -0.507 e. The fourth-order valence-electron chi connectivity index (χ4n) is 2.03. The lowest BCUT2D eigenvalue weighted by molar-refractivity contribution is -0.134. The lowest BCUT2D eigenvalue weighted by atomic mass is 10.1. The minimum absolute atomic E-state index is 0.132. The Kier molecular flexibility index (Phi) is 4.57. The number of phenolic OH excluding ortho intramolecular Hbond substituents is 1. The maximum atomic E-state index is 12.0.